The largest absolute Gasteiger partial charge is 0.420 e. The van der Waals surface area contributed by atoms with Gasteiger partial charge >= 0.3 is 17.6 Å². The van der Waals surface area contributed by atoms with Crippen LogP contribution in [0, 0.1) is 13.8 Å². The van der Waals surface area contributed by atoms with Gasteiger partial charge in [0.15, 0.2) is 11.6 Å². The lowest BCUT2D eigenvalue weighted by Gasteiger charge is -2.13. The Labute approximate surface area is 179 Å². The maximum Gasteiger partial charge on any atom is 0.420 e. The van der Waals surface area contributed by atoms with Gasteiger partial charge in [0.2, 0.25) is 0 Å². The van der Waals surface area contributed by atoms with E-state index in [0.717, 1.165) is 4.68 Å². The van der Waals surface area contributed by atoms with Gasteiger partial charge in [-0.05, 0) is 32.8 Å². The molecule has 0 aromatic carbocycles. The molecule has 0 N–H and O–H groups in total. The summed E-state index contributed by atoms with van der Waals surface area (Å²) in [7, 11) is 0. The fourth-order valence-electron chi connectivity index (χ4n) is 3.21. The Balaban J connectivity index is 2.33. The minimum atomic E-state index is -4.87. The lowest BCUT2D eigenvalue weighted by Crippen LogP contribution is -2.29. The van der Waals surface area contributed by atoms with Crippen LogP contribution in [0.15, 0.2) is 15.7 Å². The third-order valence-electron chi connectivity index (χ3n) is 4.63. The third-order valence-corrected chi connectivity index (χ3v) is 4.91. The average Bonchev–Trinajstić information content (AvgIpc) is 3.12. The number of pyridine rings is 1. The highest BCUT2D eigenvalue weighted by Gasteiger charge is 2.37. The molecule has 0 unspecified atom stereocenters. The zero-order valence-electron chi connectivity index (χ0n) is 17.4. The number of rotatable bonds is 6. The highest BCUT2D eigenvalue weighted by molar-refractivity contribution is 6.32. The van der Waals surface area contributed by atoms with Crippen LogP contribution in [0.2, 0.25) is 5.02 Å². The van der Waals surface area contributed by atoms with Crippen molar-refractivity contribution in [2.45, 2.75) is 59.8 Å². The fraction of sp³-hybridized carbons (Fsp3) is 0.500. The van der Waals surface area contributed by atoms with Crippen LogP contribution < -0.4 is 11.4 Å². The summed E-state index contributed by atoms with van der Waals surface area (Å²) >= 11 is 6.08. The summed E-state index contributed by atoms with van der Waals surface area (Å²) < 4.78 is 45.3. The van der Waals surface area contributed by atoms with Crippen molar-refractivity contribution >= 4 is 11.6 Å². The van der Waals surface area contributed by atoms with Crippen LogP contribution in [0.5, 0.6) is 0 Å². The number of nitrogens with zero attached hydrogens (tertiary/aromatic N) is 7. The minimum Gasteiger partial charge on any atom is -0.279 e. The zero-order valence-corrected chi connectivity index (χ0v) is 18.1. The van der Waals surface area contributed by atoms with Gasteiger partial charge in [0.05, 0.1) is 5.02 Å². The lowest BCUT2D eigenvalue weighted by atomic mass is 10.2. The van der Waals surface area contributed by atoms with Crippen LogP contribution >= 0.6 is 11.6 Å². The molecule has 0 fully saturated rings. The van der Waals surface area contributed by atoms with Crippen molar-refractivity contribution in [1.29, 1.82) is 0 Å². The van der Waals surface area contributed by atoms with Crippen LogP contribution in [-0.2, 0) is 19.3 Å². The first-order valence-corrected chi connectivity index (χ1v) is 10.00. The van der Waals surface area contributed by atoms with Gasteiger partial charge in [0.25, 0.3) is 0 Å². The molecule has 0 saturated carbocycles. The molecule has 0 amide bonds. The van der Waals surface area contributed by atoms with Crippen molar-refractivity contribution in [1.82, 2.24) is 33.7 Å². The Kier molecular flexibility index (Phi) is 6.12. The van der Waals surface area contributed by atoms with Crippen molar-refractivity contribution in [3.05, 3.63) is 49.3 Å². The fourth-order valence-corrected chi connectivity index (χ4v) is 3.45. The Bertz CT molecular complexity index is 1240. The standard InChI is InChI=1S/C18H21ClF3N7O2/c1-5-7-26-10(3)24-28(16(26)30)14-12(18(20,21)22)9-13(19)15(23-14)29-17(31)27(8-6-2)11(4)25-29/h9H,5-8H2,1-4H3. The molecule has 3 aromatic heterocycles. The lowest BCUT2D eigenvalue weighted by molar-refractivity contribution is -0.137. The van der Waals surface area contributed by atoms with Crippen molar-refractivity contribution in [3.8, 4) is 11.6 Å². The van der Waals surface area contributed by atoms with Gasteiger partial charge in [-0.15, -0.1) is 10.2 Å². The Morgan fingerprint density at radius 2 is 1.35 bits per heavy atom. The predicted molar refractivity (Wildman–Crippen MR) is 107 cm³/mol. The van der Waals surface area contributed by atoms with E-state index < -0.39 is 34.0 Å². The highest BCUT2D eigenvalue weighted by Crippen LogP contribution is 2.35. The summed E-state index contributed by atoms with van der Waals surface area (Å²) in [6, 6.07) is 0.625. The third kappa shape index (κ3) is 4.03. The molecule has 13 heteroatoms. The van der Waals surface area contributed by atoms with E-state index >= 15 is 0 Å². The Morgan fingerprint density at radius 1 is 0.903 bits per heavy atom. The van der Waals surface area contributed by atoms with E-state index in [9.17, 15) is 22.8 Å². The Hall–Kier alpha value is -2.89. The van der Waals surface area contributed by atoms with Crippen molar-refractivity contribution < 1.29 is 13.2 Å². The van der Waals surface area contributed by atoms with E-state index in [1.807, 2.05) is 13.8 Å². The number of alkyl halides is 3. The molecule has 168 valence electrons. The number of hydrogen-bond acceptors (Lipinski definition) is 5. The molecule has 0 spiro atoms. The summed E-state index contributed by atoms with van der Waals surface area (Å²) in [6.07, 6.45) is -3.63. The van der Waals surface area contributed by atoms with Crippen LogP contribution in [0.25, 0.3) is 11.6 Å². The summed E-state index contributed by atoms with van der Waals surface area (Å²) in [6.45, 7) is 7.45. The van der Waals surface area contributed by atoms with Crippen LogP contribution in [-0.4, -0.2) is 33.7 Å². The summed E-state index contributed by atoms with van der Waals surface area (Å²) in [4.78, 5) is 29.4. The minimum absolute atomic E-state index is 0.235. The van der Waals surface area contributed by atoms with Gasteiger partial charge in [-0.2, -0.15) is 22.5 Å². The maximum atomic E-state index is 13.7. The average molecular weight is 460 g/mol. The predicted octanol–water partition coefficient (Wildman–Crippen LogP) is 2.89. The molecule has 0 aliphatic heterocycles. The molecule has 0 bridgehead atoms. The SMILES string of the molecule is CCCn1c(C)nn(-c2nc(-n3nc(C)n(CCC)c3=O)c(C(F)(F)F)cc2Cl)c1=O. The first-order valence-electron chi connectivity index (χ1n) is 9.62. The van der Waals surface area contributed by atoms with Gasteiger partial charge in [-0.3, -0.25) is 9.13 Å². The molecule has 31 heavy (non-hydrogen) atoms. The second-order valence-electron chi connectivity index (χ2n) is 6.95. The first-order chi connectivity index (χ1) is 14.5. The smallest absolute Gasteiger partial charge is 0.279 e. The normalized spacial score (nSPS) is 12.0. The molecule has 3 rings (SSSR count). The topological polar surface area (TPSA) is 92.5 Å². The van der Waals surface area contributed by atoms with Gasteiger partial charge in [0, 0.05) is 13.1 Å². The molecule has 3 heterocycles. The number of aryl methyl sites for hydroxylation is 2. The zero-order chi connectivity index (χ0) is 23.1. The quantitative estimate of drug-likeness (QED) is 0.565. The summed E-state index contributed by atoms with van der Waals surface area (Å²) in [5, 5.41) is 7.61. The van der Waals surface area contributed by atoms with E-state index in [0.29, 0.717) is 36.0 Å². The van der Waals surface area contributed by atoms with E-state index in [-0.39, 0.29) is 18.2 Å². The van der Waals surface area contributed by atoms with Crippen molar-refractivity contribution in [3.63, 3.8) is 0 Å². The van der Waals surface area contributed by atoms with Crippen molar-refractivity contribution in [2.75, 3.05) is 0 Å². The Morgan fingerprint density at radius 3 is 1.77 bits per heavy atom. The van der Waals surface area contributed by atoms with Gasteiger partial charge in [0.1, 0.15) is 17.2 Å². The highest BCUT2D eigenvalue weighted by atomic mass is 35.5. The van der Waals surface area contributed by atoms with Crippen LogP contribution in [0.4, 0.5) is 13.2 Å². The van der Waals surface area contributed by atoms with Gasteiger partial charge in [-0.25, -0.2) is 14.6 Å². The number of hydrogen-bond donors (Lipinski definition) is 0. The monoisotopic (exact) mass is 459 g/mol. The van der Waals surface area contributed by atoms with Gasteiger partial charge < -0.3 is 0 Å². The number of aromatic nitrogens is 7. The molecular weight excluding hydrogens is 439 g/mol. The molecule has 0 saturated heterocycles. The molecule has 0 aliphatic carbocycles. The van der Waals surface area contributed by atoms with Gasteiger partial charge in [-0.1, -0.05) is 25.4 Å². The molecule has 0 atom stereocenters. The second kappa shape index (κ2) is 8.33. The van der Waals surface area contributed by atoms with Crippen molar-refractivity contribution in [2.24, 2.45) is 0 Å². The van der Waals surface area contributed by atoms with E-state index in [4.69, 9.17) is 11.6 Å². The van der Waals surface area contributed by atoms with E-state index in [1.165, 1.54) is 16.1 Å². The van der Waals surface area contributed by atoms with Crippen LogP contribution in [0.3, 0.4) is 0 Å². The first kappa shape index (κ1) is 22.8. The molecule has 0 radical (unpaired) electrons. The molecule has 9 nitrogen and oxygen atoms in total. The number of halogens is 4. The molecular formula is C18H21ClF3N7O2. The molecule has 3 aromatic rings. The summed E-state index contributed by atoms with van der Waals surface area (Å²) in [5.74, 6) is -0.503. The van der Waals surface area contributed by atoms with Crippen LogP contribution in [0.1, 0.15) is 43.9 Å². The van der Waals surface area contributed by atoms with E-state index in [2.05, 4.69) is 15.2 Å². The van der Waals surface area contributed by atoms with E-state index in [1.54, 1.807) is 6.92 Å². The summed E-state index contributed by atoms with van der Waals surface area (Å²) in [5.41, 5.74) is -2.62. The molecule has 0 aliphatic rings. The second-order valence-corrected chi connectivity index (χ2v) is 7.36. The maximum absolute atomic E-state index is 13.7.